The lowest BCUT2D eigenvalue weighted by Crippen LogP contribution is -2.57. The quantitative estimate of drug-likeness (QED) is 0.537. The van der Waals surface area contributed by atoms with E-state index in [1.165, 1.54) is 0 Å². The average Bonchev–Trinajstić information content (AvgIpc) is 2.33. The average molecular weight is 273 g/mol. The van der Waals surface area contributed by atoms with Crippen LogP contribution in [0.5, 0.6) is 0 Å². The second kappa shape index (κ2) is 6.40. The normalized spacial score (nSPS) is 11.8. The van der Waals surface area contributed by atoms with Crippen LogP contribution in [0.3, 0.4) is 0 Å². The summed E-state index contributed by atoms with van der Waals surface area (Å²) >= 11 is 0. The molecule has 0 fully saturated rings. The van der Waals surface area contributed by atoms with E-state index in [2.05, 4.69) is 10.6 Å². The zero-order chi connectivity index (χ0) is 15.3. The van der Waals surface area contributed by atoms with Gasteiger partial charge in [-0.05, 0) is 26.7 Å². The van der Waals surface area contributed by atoms with Gasteiger partial charge < -0.3 is 21.5 Å². The number of carbonyl (C=O) groups excluding carboxylic acids is 2. The Bertz CT molecular complexity index is 362. The van der Waals surface area contributed by atoms with E-state index in [1.807, 2.05) is 0 Å². The van der Waals surface area contributed by atoms with Gasteiger partial charge in [0.25, 0.3) is 0 Å². The van der Waals surface area contributed by atoms with Crippen LogP contribution in [0.2, 0.25) is 0 Å². The molecular formula is C12H23N3O4. The second-order valence-corrected chi connectivity index (χ2v) is 5.15. The van der Waals surface area contributed by atoms with Crippen LogP contribution in [0.15, 0.2) is 0 Å². The SMILES string of the molecule is CCC(CC)(NC(=O)NCC(C)(C)C(N)=O)C(=O)O. The number of rotatable bonds is 7. The highest BCUT2D eigenvalue weighted by molar-refractivity contribution is 5.86. The molecule has 0 saturated heterocycles. The minimum absolute atomic E-state index is 0.0390. The highest BCUT2D eigenvalue weighted by Gasteiger charge is 2.36. The van der Waals surface area contributed by atoms with E-state index in [0.29, 0.717) is 0 Å². The van der Waals surface area contributed by atoms with Crippen molar-refractivity contribution >= 4 is 17.9 Å². The number of amides is 3. The monoisotopic (exact) mass is 273 g/mol. The van der Waals surface area contributed by atoms with E-state index in [9.17, 15) is 19.5 Å². The summed E-state index contributed by atoms with van der Waals surface area (Å²) < 4.78 is 0. The van der Waals surface area contributed by atoms with Gasteiger partial charge in [-0.15, -0.1) is 0 Å². The number of hydrogen-bond donors (Lipinski definition) is 4. The van der Waals surface area contributed by atoms with Gasteiger partial charge in [0.15, 0.2) is 0 Å². The van der Waals surface area contributed by atoms with Crippen molar-refractivity contribution in [1.29, 1.82) is 0 Å². The number of carbonyl (C=O) groups is 3. The predicted octanol–water partition coefficient (Wildman–Crippen LogP) is 0.441. The van der Waals surface area contributed by atoms with Gasteiger partial charge in [-0.3, -0.25) is 4.79 Å². The van der Waals surface area contributed by atoms with Crippen LogP contribution in [0.1, 0.15) is 40.5 Å². The molecule has 110 valence electrons. The minimum Gasteiger partial charge on any atom is -0.480 e. The van der Waals surface area contributed by atoms with Crippen molar-refractivity contribution in [3.8, 4) is 0 Å². The Kier molecular flexibility index (Phi) is 5.80. The van der Waals surface area contributed by atoms with Gasteiger partial charge in [-0.25, -0.2) is 9.59 Å². The van der Waals surface area contributed by atoms with Gasteiger partial charge in [0.1, 0.15) is 5.54 Å². The molecule has 0 spiro atoms. The first kappa shape index (κ1) is 17.2. The molecule has 0 aromatic rings. The lowest BCUT2D eigenvalue weighted by atomic mass is 9.92. The molecule has 19 heavy (non-hydrogen) atoms. The zero-order valence-corrected chi connectivity index (χ0v) is 11.9. The molecule has 7 nitrogen and oxygen atoms in total. The molecule has 0 atom stereocenters. The van der Waals surface area contributed by atoms with Crippen LogP contribution < -0.4 is 16.4 Å². The Labute approximate surface area is 112 Å². The smallest absolute Gasteiger partial charge is 0.329 e. The summed E-state index contributed by atoms with van der Waals surface area (Å²) in [6, 6.07) is -0.625. The van der Waals surface area contributed by atoms with Gasteiger partial charge in [-0.2, -0.15) is 0 Å². The first-order valence-electron chi connectivity index (χ1n) is 6.20. The molecule has 0 bridgehead atoms. The topological polar surface area (TPSA) is 122 Å². The Balaban J connectivity index is 4.62. The second-order valence-electron chi connectivity index (χ2n) is 5.15. The molecule has 0 aromatic heterocycles. The molecule has 0 aliphatic rings. The molecule has 0 rings (SSSR count). The van der Waals surface area contributed by atoms with Crippen molar-refractivity contribution in [2.75, 3.05) is 6.54 Å². The number of aliphatic carboxylic acids is 1. The first-order chi connectivity index (χ1) is 8.61. The summed E-state index contributed by atoms with van der Waals surface area (Å²) in [5, 5.41) is 14.1. The van der Waals surface area contributed by atoms with E-state index in [1.54, 1.807) is 27.7 Å². The highest BCUT2D eigenvalue weighted by Crippen LogP contribution is 2.16. The molecule has 0 heterocycles. The van der Waals surface area contributed by atoms with Crippen LogP contribution >= 0.6 is 0 Å². The minimum atomic E-state index is -1.29. The van der Waals surface area contributed by atoms with Gasteiger partial charge in [0.05, 0.1) is 5.41 Å². The lowest BCUT2D eigenvalue weighted by Gasteiger charge is -2.29. The molecule has 0 aromatic carbocycles. The van der Waals surface area contributed by atoms with Gasteiger partial charge in [0, 0.05) is 6.54 Å². The van der Waals surface area contributed by atoms with Crippen molar-refractivity contribution in [2.24, 2.45) is 11.1 Å². The fourth-order valence-electron chi connectivity index (χ4n) is 1.43. The molecule has 0 aliphatic heterocycles. The summed E-state index contributed by atoms with van der Waals surface area (Å²) in [7, 11) is 0. The lowest BCUT2D eigenvalue weighted by molar-refractivity contribution is -0.144. The fourth-order valence-corrected chi connectivity index (χ4v) is 1.43. The van der Waals surface area contributed by atoms with Crippen LogP contribution in [0.25, 0.3) is 0 Å². The summed E-state index contributed by atoms with van der Waals surface area (Å²) in [5.41, 5.74) is 3.00. The van der Waals surface area contributed by atoms with Gasteiger partial charge in [0.2, 0.25) is 5.91 Å². The number of carboxylic acid groups (broad SMARTS) is 1. The predicted molar refractivity (Wildman–Crippen MR) is 70.5 cm³/mol. The van der Waals surface area contributed by atoms with Crippen molar-refractivity contribution in [3.63, 3.8) is 0 Å². The van der Waals surface area contributed by atoms with Crippen molar-refractivity contribution in [1.82, 2.24) is 10.6 Å². The zero-order valence-electron chi connectivity index (χ0n) is 11.9. The Morgan fingerprint density at radius 1 is 1.16 bits per heavy atom. The van der Waals surface area contributed by atoms with Crippen molar-refractivity contribution in [2.45, 2.75) is 46.1 Å². The molecule has 5 N–H and O–H groups in total. The number of hydrogen-bond acceptors (Lipinski definition) is 3. The maximum absolute atomic E-state index is 11.7. The summed E-state index contributed by atoms with van der Waals surface area (Å²) in [6.45, 7) is 6.60. The number of carboxylic acids is 1. The summed E-state index contributed by atoms with van der Waals surface area (Å²) in [5.74, 6) is -1.62. The van der Waals surface area contributed by atoms with Crippen LogP contribution in [-0.2, 0) is 9.59 Å². The number of primary amides is 1. The highest BCUT2D eigenvalue weighted by atomic mass is 16.4. The van der Waals surface area contributed by atoms with Crippen LogP contribution in [-0.4, -0.2) is 35.1 Å². The number of urea groups is 1. The van der Waals surface area contributed by atoms with Crippen molar-refractivity contribution < 1.29 is 19.5 Å². The summed E-state index contributed by atoms with van der Waals surface area (Å²) in [4.78, 5) is 34.0. The van der Waals surface area contributed by atoms with E-state index < -0.39 is 28.9 Å². The Morgan fingerprint density at radius 2 is 1.63 bits per heavy atom. The molecule has 0 unspecified atom stereocenters. The standard InChI is InChI=1S/C12H23N3O4/c1-5-12(6-2,9(17)18)15-10(19)14-7-11(3,4)8(13)16/h5-7H2,1-4H3,(H2,13,16)(H,17,18)(H2,14,15,19). The third-order valence-corrected chi connectivity index (χ3v) is 3.33. The maximum atomic E-state index is 11.7. The van der Waals surface area contributed by atoms with E-state index in [-0.39, 0.29) is 19.4 Å². The first-order valence-corrected chi connectivity index (χ1v) is 6.20. The van der Waals surface area contributed by atoms with E-state index in [0.717, 1.165) is 0 Å². The maximum Gasteiger partial charge on any atom is 0.329 e. The molecule has 0 saturated carbocycles. The molecular weight excluding hydrogens is 250 g/mol. The Morgan fingerprint density at radius 3 is 1.95 bits per heavy atom. The Hall–Kier alpha value is -1.79. The molecule has 3 amide bonds. The van der Waals surface area contributed by atoms with E-state index >= 15 is 0 Å². The van der Waals surface area contributed by atoms with Crippen LogP contribution in [0.4, 0.5) is 4.79 Å². The molecule has 0 radical (unpaired) electrons. The third kappa shape index (κ3) is 4.42. The van der Waals surface area contributed by atoms with Crippen LogP contribution in [0, 0.1) is 5.41 Å². The van der Waals surface area contributed by atoms with Gasteiger partial charge in [-0.1, -0.05) is 13.8 Å². The molecule has 0 aliphatic carbocycles. The van der Waals surface area contributed by atoms with Crippen molar-refractivity contribution in [3.05, 3.63) is 0 Å². The van der Waals surface area contributed by atoms with Gasteiger partial charge >= 0.3 is 12.0 Å². The third-order valence-electron chi connectivity index (χ3n) is 3.33. The largest absolute Gasteiger partial charge is 0.480 e. The number of nitrogens with one attached hydrogen (secondary N) is 2. The number of nitrogens with two attached hydrogens (primary N) is 1. The van der Waals surface area contributed by atoms with E-state index in [4.69, 9.17) is 5.73 Å². The summed E-state index contributed by atoms with van der Waals surface area (Å²) in [6.07, 6.45) is 0.539. The fraction of sp³-hybridized carbons (Fsp3) is 0.750. The molecule has 7 heteroatoms.